The second kappa shape index (κ2) is 24.7. The van der Waals surface area contributed by atoms with Crippen molar-refractivity contribution in [2.45, 2.75) is 183 Å². The number of hydrogen-bond donors (Lipinski definition) is 0. The third-order valence-corrected chi connectivity index (χ3v) is 8.69. The lowest BCUT2D eigenvalue weighted by atomic mass is 9.84. The first-order valence-electron chi connectivity index (χ1n) is 16.2. The van der Waals surface area contributed by atoms with E-state index >= 15 is 0 Å². The Morgan fingerprint density at radius 1 is 0.382 bits per heavy atom. The Kier molecular flexibility index (Phi) is 24.7. The van der Waals surface area contributed by atoms with Crippen LogP contribution in [-0.2, 0) is 0 Å². The van der Waals surface area contributed by atoms with Gasteiger partial charge in [-0.05, 0) is 42.9 Å². The zero-order valence-corrected chi connectivity index (χ0v) is 25.2. The number of hydrogen-bond acceptors (Lipinski definition) is 0. The zero-order valence-electron chi connectivity index (χ0n) is 25.2. The molecule has 0 fully saturated rings. The van der Waals surface area contributed by atoms with Crippen molar-refractivity contribution < 1.29 is 0 Å². The summed E-state index contributed by atoms with van der Waals surface area (Å²) < 4.78 is 0. The van der Waals surface area contributed by atoms with E-state index in [9.17, 15) is 0 Å². The summed E-state index contributed by atoms with van der Waals surface area (Å²) in [6.07, 6.45) is 31.4. The quantitative estimate of drug-likeness (QED) is 0.109. The average molecular weight is 478 g/mol. The van der Waals surface area contributed by atoms with E-state index in [1.807, 2.05) is 0 Å². The van der Waals surface area contributed by atoms with Gasteiger partial charge in [0.2, 0.25) is 0 Å². The van der Waals surface area contributed by atoms with Crippen LogP contribution in [0.15, 0.2) is 0 Å². The van der Waals surface area contributed by atoms with Crippen LogP contribution in [0.3, 0.4) is 0 Å². The minimum Gasteiger partial charge on any atom is -0.0654 e. The normalized spacial score (nSPS) is 16.3. The molecule has 0 spiro atoms. The van der Waals surface area contributed by atoms with Crippen molar-refractivity contribution in [2.75, 3.05) is 0 Å². The molecule has 5 atom stereocenters. The minimum atomic E-state index is 0.657. The van der Waals surface area contributed by atoms with E-state index in [1.54, 1.807) is 0 Å². The fourth-order valence-electron chi connectivity index (χ4n) is 5.60. The zero-order chi connectivity index (χ0) is 25.4. The molecule has 0 heteroatoms. The lowest BCUT2D eigenvalue weighted by Crippen LogP contribution is -2.11. The first-order chi connectivity index (χ1) is 16.4. The largest absolute Gasteiger partial charge is 0.0654 e. The molecule has 0 aliphatic carbocycles. The van der Waals surface area contributed by atoms with Crippen LogP contribution < -0.4 is 0 Å². The van der Waals surface area contributed by atoms with Gasteiger partial charge >= 0.3 is 0 Å². The minimum absolute atomic E-state index is 0.657. The van der Waals surface area contributed by atoms with Gasteiger partial charge in [-0.25, -0.2) is 0 Å². The molecule has 0 heterocycles. The number of unbranched alkanes of at least 4 members (excludes halogenated alkanes) is 10. The van der Waals surface area contributed by atoms with E-state index < -0.39 is 0 Å². The van der Waals surface area contributed by atoms with Gasteiger partial charge in [0.15, 0.2) is 0 Å². The maximum atomic E-state index is 4.56. The molecule has 0 aromatic rings. The predicted molar refractivity (Wildman–Crippen MR) is 158 cm³/mol. The molecule has 0 saturated heterocycles. The first-order valence-corrected chi connectivity index (χ1v) is 16.2. The molecular weight excluding hydrogens is 408 g/mol. The van der Waals surface area contributed by atoms with Crippen LogP contribution in [0.2, 0.25) is 0 Å². The number of rotatable bonds is 26. The van der Waals surface area contributed by atoms with Crippen LogP contribution in [0, 0.1) is 36.5 Å². The van der Waals surface area contributed by atoms with E-state index in [4.69, 9.17) is 0 Å². The van der Waals surface area contributed by atoms with Gasteiger partial charge in [-0.15, -0.1) is 0 Å². The highest BCUT2D eigenvalue weighted by Crippen LogP contribution is 2.27. The van der Waals surface area contributed by atoms with Crippen LogP contribution in [0.25, 0.3) is 0 Å². The van der Waals surface area contributed by atoms with Gasteiger partial charge in [-0.1, -0.05) is 176 Å². The van der Waals surface area contributed by atoms with Crippen molar-refractivity contribution in [3.05, 3.63) is 6.92 Å². The third-order valence-electron chi connectivity index (χ3n) is 8.69. The summed E-state index contributed by atoms with van der Waals surface area (Å²) in [6, 6.07) is 0. The Hall–Kier alpha value is 0. The maximum Gasteiger partial charge on any atom is -0.0388 e. The second-order valence-electron chi connectivity index (χ2n) is 12.6. The van der Waals surface area contributed by atoms with Gasteiger partial charge in [0.1, 0.15) is 0 Å². The van der Waals surface area contributed by atoms with Crippen LogP contribution >= 0.6 is 0 Å². The molecule has 0 aromatic carbocycles. The smallest absolute Gasteiger partial charge is 0.0388 e. The summed E-state index contributed by atoms with van der Waals surface area (Å²) in [5, 5.41) is 0. The maximum absolute atomic E-state index is 4.56. The van der Waals surface area contributed by atoms with Crippen molar-refractivity contribution in [3.8, 4) is 0 Å². The molecular formula is C34H69. The van der Waals surface area contributed by atoms with Gasteiger partial charge in [0.25, 0.3) is 0 Å². The fourth-order valence-corrected chi connectivity index (χ4v) is 5.60. The molecule has 0 bridgehead atoms. The topological polar surface area (TPSA) is 0 Å². The van der Waals surface area contributed by atoms with E-state index in [-0.39, 0.29) is 0 Å². The summed E-state index contributed by atoms with van der Waals surface area (Å²) in [5.41, 5.74) is 0. The molecule has 34 heavy (non-hydrogen) atoms. The fraction of sp³-hybridized carbons (Fsp3) is 0.971. The van der Waals surface area contributed by atoms with Crippen LogP contribution in [-0.4, -0.2) is 0 Å². The highest BCUT2D eigenvalue weighted by Gasteiger charge is 2.14. The predicted octanol–water partition coefficient (Wildman–Crippen LogP) is 12.6. The van der Waals surface area contributed by atoms with Crippen LogP contribution in [0.5, 0.6) is 0 Å². The van der Waals surface area contributed by atoms with E-state index in [1.165, 1.54) is 141 Å². The summed E-state index contributed by atoms with van der Waals surface area (Å²) >= 11 is 0. The van der Waals surface area contributed by atoms with E-state index in [0.717, 1.165) is 23.7 Å². The lowest BCUT2D eigenvalue weighted by Gasteiger charge is -2.22. The molecule has 0 amide bonds. The van der Waals surface area contributed by atoms with E-state index in [2.05, 4.69) is 48.5 Å². The van der Waals surface area contributed by atoms with Gasteiger partial charge in [0, 0.05) is 0 Å². The highest BCUT2D eigenvalue weighted by molar-refractivity contribution is 4.71. The van der Waals surface area contributed by atoms with Crippen molar-refractivity contribution in [3.63, 3.8) is 0 Å². The van der Waals surface area contributed by atoms with Crippen LogP contribution in [0.1, 0.15) is 183 Å². The molecule has 1 radical (unpaired) electrons. The molecule has 0 nitrogen and oxygen atoms in total. The summed E-state index contributed by atoms with van der Waals surface area (Å²) in [7, 11) is 0. The lowest BCUT2D eigenvalue weighted by molar-refractivity contribution is 0.316. The Bertz CT molecular complexity index is 385. The van der Waals surface area contributed by atoms with Crippen molar-refractivity contribution in [1.29, 1.82) is 0 Å². The Balaban J connectivity index is 3.66. The molecule has 0 aliphatic rings. The van der Waals surface area contributed by atoms with Crippen LogP contribution in [0.4, 0.5) is 0 Å². The van der Waals surface area contributed by atoms with Gasteiger partial charge in [-0.3, -0.25) is 0 Å². The molecule has 0 aromatic heterocycles. The summed E-state index contributed by atoms with van der Waals surface area (Å²) in [4.78, 5) is 0. The standard InChI is InChI=1S/C34H69/c1-8-10-12-14-16-18-23-31(4)26-21-27-33(6)34(7)29-28-32(5)25-20-19-24-30(3)22-17-15-13-11-9-2/h30-34H,7-29H2,1-6H3. The average Bonchev–Trinajstić information content (AvgIpc) is 2.82. The third kappa shape index (κ3) is 22.5. The van der Waals surface area contributed by atoms with Crippen molar-refractivity contribution in [1.82, 2.24) is 0 Å². The first kappa shape index (κ1) is 34.0. The van der Waals surface area contributed by atoms with Gasteiger partial charge < -0.3 is 0 Å². The van der Waals surface area contributed by atoms with E-state index in [0.29, 0.717) is 5.92 Å². The monoisotopic (exact) mass is 478 g/mol. The molecule has 0 aliphatic heterocycles. The highest BCUT2D eigenvalue weighted by atomic mass is 14.2. The molecule has 5 unspecified atom stereocenters. The molecule has 0 saturated carbocycles. The van der Waals surface area contributed by atoms with Crippen molar-refractivity contribution in [2.24, 2.45) is 29.6 Å². The molecule has 0 N–H and O–H groups in total. The van der Waals surface area contributed by atoms with Gasteiger partial charge in [-0.2, -0.15) is 0 Å². The Morgan fingerprint density at radius 3 is 1.21 bits per heavy atom. The summed E-state index contributed by atoms with van der Waals surface area (Å²) in [6.45, 7) is 19.1. The summed E-state index contributed by atoms with van der Waals surface area (Å²) in [5.74, 6) is 4.20. The molecule has 205 valence electrons. The van der Waals surface area contributed by atoms with Crippen molar-refractivity contribution >= 4 is 0 Å². The second-order valence-corrected chi connectivity index (χ2v) is 12.6. The Labute approximate surface area is 219 Å². The van der Waals surface area contributed by atoms with Gasteiger partial charge in [0.05, 0.1) is 0 Å². The SMILES string of the molecule is [CH2]C(CCC(C)CCCCC(C)CCCCCCC)C(C)CCCC(C)CCCCCCCC. The Morgan fingerprint density at radius 2 is 0.735 bits per heavy atom. The molecule has 0 rings (SSSR count).